The number of hydrogen-bond acceptors (Lipinski definition) is 2. The highest BCUT2D eigenvalue weighted by Gasteiger charge is 2.41. The number of imidazole rings is 1. The Kier molecular flexibility index (Phi) is 3.02. The van der Waals surface area contributed by atoms with Gasteiger partial charge in [-0.15, -0.1) is 0 Å². The first kappa shape index (κ1) is 12.9. The summed E-state index contributed by atoms with van der Waals surface area (Å²) in [6.45, 7) is 13.2. The number of H-pyrrole nitrogens is 1. The monoisotopic (exact) mass is 263 g/mol. The molecule has 1 heterocycles. The van der Waals surface area contributed by atoms with Crippen molar-refractivity contribution in [2.75, 3.05) is 4.72 Å². The van der Waals surface area contributed by atoms with E-state index in [1.807, 2.05) is 0 Å². The summed E-state index contributed by atoms with van der Waals surface area (Å²) in [5.74, 6) is 1.18. The van der Waals surface area contributed by atoms with Crippen molar-refractivity contribution in [1.29, 1.82) is 0 Å². The second kappa shape index (κ2) is 3.99. The molecule has 0 saturated carbocycles. The number of nitrogens with one attached hydrogen (secondary N) is 2. The van der Waals surface area contributed by atoms with Crippen LogP contribution < -0.4 is 4.72 Å². The Bertz CT molecular complexity index is 584. The van der Waals surface area contributed by atoms with Crippen molar-refractivity contribution >= 4 is 33.2 Å². The number of alkyl halides is 3. The lowest BCUT2D eigenvalue weighted by Gasteiger charge is -2.10. The second-order valence-electron chi connectivity index (χ2n) is 2.70. The van der Waals surface area contributed by atoms with Gasteiger partial charge in [0, 0.05) is 0 Å². The van der Waals surface area contributed by atoms with E-state index < -0.39 is 27.0 Å². The van der Waals surface area contributed by atoms with Crippen LogP contribution in [0.5, 0.6) is 0 Å². The lowest BCUT2D eigenvalue weighted by atomic mass is 10.7. The molecule has 1 rings (SSSR count). The molecule has 1 unspecified atom stereocenters. The van der Waals surface area contributed by atoms with Crippen molar-refractivity contribution in [2.45, 2.75) is 5.51 Å². The Morgan fingerprint density at radius 1 is 1.41 bits per heavy atom. The van der Waals surface area contributed by atoms with E-state index in [9.17, 15) is 17.4 Å². The number of rotatable bonds is 2. The van der Waals surface area contributed by atoms with Crippen LogP contribution in [-0.2, 0) is 9.71 Å². The van der Waals surface area contributed by atoms with Crippen LogP contribution in [0.2, 0.25) is 0 Å². The quantitative estimate of drug-likeness (QED) is 0.633. The van der Waals surface area contributed by atoms with Crippen LogP contribution in [0.25, 0.3) is 9.69 Å². The number of aromatic amines is 1. The van der Waals surface area contributed by atoms with Gasteiger partial charge in [-0.1, -0.05) is 18.1 Å². The molecule has 1 atom stereocenters. The van der Waals surface area contributed by atoms with Crippen molar-refractivity contribution in [1.82, 2.24) is 9.97 Å². The van der Waals surface area contributed by atoms with Gasteiger partial charge in [0.25, 0.3) is 11.6 Å². The second-order valence-corrected chi connectivity index (χ2v) is 4.72. The summed E-state index contributed by atoms with van der Waals surface area (Å²) in [5, 5.41) is 0. The standard InChI is InChI=1S/C7H4F3N5OS/c1-11-4-5(12-2)14-6(13-4)15-17(3,16)7(8,9)10/h3H2,(H2,13,14,15,16). The highest BCUT2D eigenvalue weighted by Crippen LogP contribution is 2.29. The topological polar surface area (TPSA) is 66.5 Å². The van der Waals surface area contributed by atoms with E-state index in [4.69, 9.17) is 13.1 Å². The zero-order chi connectivity index (χ0) is 13.3. The fraction of sp³-hybridized carbons (Fsp3) is 0.143. The molecular formula is C7H4F3N5OS. The highest BCUT2D eigenvalue weighted by molar-refractivity contribution is 8.02. The van der Waals surface area contributed by atoms with Gasteiger partial charge in [0.05, 0.1) is 0 Å². The molecule has 0 fully saturated rings. The van der Waals surface area contributed by atoms with Gasteiger partial charge in [-0.2, -0.15) is 13.2 Å². The number of nitrogens with zero attached hydrogens (tertiary/aromatic N) is 3. The predicted octanol–water partition coefficient (Wildman–Crippen LogP) is 2.07. The van der Waals surface area contributed by atoms with E-state index >= 15 is 0 Å². The summed E-state index contributed by atoms with van der Waals surface area (Å²) in [6.07, 6.45) is 0. The van der Waals surface area contributed by atoms with Crippen molar-refractivity contribution < 1.29 is 17.4 Å². The first-order valence-corrected chi connectivity index (χ1v) is 5.50. The Hall–Kier alpha value is -2.20. The molecule has 1 aromatic heterocycles. The van der Waals surface area contributed by atoms with Crippen LogP contribution in [0.1, 0.15) is 0 Å². The molecule has 0 aromatic carbocycles. The minimum atomic E-state index is -5.06. The van der Waals surface area contributed by atoms with Crippen LogP contribution in [0, 0.1) is 13.1 Å². The first-order chi connectivity index (χ1) is 7.71. The van der Waals surface area contributed by atoms with Crippen molar-refractivity contribution in [2.24, 2.45) is 0 Å². The van der Waals surface area contributed by atoms with Crippen LogP contribution in [0.15, 0.2) is 0 Å². The molecule has 17 heavy (non-hydrogen) atoms. The molecule has 90 valence electrons. The number of anilines is 1. The minimum absolute atomic E-state index is 0.333. The van der Waals surface area contributed by atoms with E-state index in [0.717, 1.165) is 0 Å². The van der Waals surface area contributed by atoms with E-state index in [1.165, 1.54) is 4.72 Å². The normalized spacial score (nSPS) is 14.4. The molecule has 10 heteroatoms. The summed E-state index contributed by atoms with van der Waals surface area (Å²) in [4.78, 5) is 11.1. The predicted molar refractivity (Wildman–Crippen MR) is 56.1 cm³/mol. The van der Waals surface area contributed by atoms with E-state index in [2.05, 4.69) is 25.5 Å². The Labute approximate surface area is 94.3 Å². The van der Waals surface area contributed by atoms with E-state index in [-0.39, 0.29) is 5.82 Å². The molecule has 0 aliphatic heterocycles. The molecule has 1 aromatic rings. The van der Waals surface area contributed by atoms with E-state index in [1.54, 1.807) is 0 Å². The third-order valence-electron chi connectivity index (χ3n) is 1.52. The summed E-state index contributed by atoms with van der Waals surface area (Å²) in [7, 11) is -4.62. The average molecular weight is 263 g/mol. The van der Waals surface area contributed by atoms with E-state index in [0.29, 0.717) is 0 Å². The maximum atomic E-state index is 12.2. The number of hydrogen-bond donors (Lipinski definition) is 2. The van der Waals surface area contributed by atoms with Crippen LogP contribution >= 0.6 is 0 Å². The summed E-state index contributed by atoms with van der Waals surface area (Å²) in [5.41, 5.74) is -5.06. The fourth-order valence-electron chi connectivity index (χ4n) is 0.773. The molecule has 0 saturated heterocycles. The largest absolute Gasteiger partial charge is 0.481 e. The van der Waals surface area contributed by atoms with Crippen LogP contribution in [0.4, 0.5) is 30.8 Å². The lowest BCUT2D eigenvalue weighted by Crippen LogP contribution is -2.30. The fourth-order valence-corrected chi connectivity index (χ4v) is 1.30. The van der Waals surface area contributed by atoms with Gasteiger partial charge in [-0.3, -0.25) is 4.98 Å². The molecule has 0 bridgehead atoms. The molecule has 0 amide bonds. The SMILES string of the molecule is [C-]#[N+]c1nc(NS(=C)(=O)C(F)(F)F)[nH]c1[N+]#[C-]. The van der Waals surface area contributed by atoms with Gasteiger partial charge in [0.15, 0.2) is 0 Å². The molecule has 0 aliphatic carbocycles. The number of halogens is 3. The smallest absolute Gasteiger partial charge is 0.373 e. The van der Waals surface area contributed by atoms with Crippen LogP contribution in [0.3, 0.4) is 0 Å². The molecule has 0 spiro atoms. The van der Waals surface area contributed by atoms with Gasteiger partial charge >= 0.3 is 11.5 Å². The van der Waals surface area contributed by atoms with Crippen molar-refractivity contribution in [3.63, 3.8) is 0 Å². The third-order valence-corrected chi connectivity index (χ3v) is 2.79. The van der Waals surface area contributed by atoms with Crippen molar-refractivity contribution in [3.8, 4) is 0 Å². The first-order valence-electron chi connectivity index (χ1n) is 3.77. The highest BCUT2D eigenvalue weighted by atomic mass is 32.2. The van der Waals surface area contributed by atoms with Crippen LogP contribution in [-0.4, -0.2) is 25.6 Å². The third kappa shape index (κ3) is 2.49. The van der Waals surface area contributed by atoms with Gasteiger partial charge in [0.2, 0.25) is 0 Å². The molecule has 0 radical (unpaired) electrons. The number of aromatic nitrogens is 2. The van der Waals surface area contributed by atoms with Gasteiger partial charge in [-0.25, -0.2) is 8.93 Å². The maximum Gasteiger partial charge on any atom is 0.481 e. The maximum absolute atomic E-state index is 12.2. The van der Waals surface area contributed by atoms with Gasteiger partial charge < -0.3 is 9.69 Å². The summed E-state index contributed by atoms with van der Waals surface area (Å²) < 4.78 is 49.3. The molecule has 0 aliphatic rings. The van der Waals surface area contributed by atoms with Gasteiger partial charge in [-0.05, 0) is 5.87 Å². The molecular weight excluding hydrogens is 259 g/mol. The van der Waals surface area contributed by atoms with Crippen molar-refractivity contribution in [3.05, 3.63) is 22.8 Å². The minimum Gasteiger partial charge on any atom is -0.373 e. The zero-order valence-electron chi connectivity index (χ0n) is 8.00. The van der Waals surface area contributed by atoms with Gasteiger partial charge in [0.1, 0.15) is 9.71 Å². The average Bonchev–Trinajstić information content (AvgIpc) is 2.57. The Balaban J connectivity index is 3.12. The zero-order valence-corrected chi connectivity index (χ0v) is 8.82. The Morgan fingerprint density at radius 2 is 2.00 bits per heavy atom. The summed E-state index contributed by atoms with van der Waals surface area (Å²) >= 11 is 0. The molecule has 6 nitrogen and oxygen atoms in total. The lowest BCUT2D eigenvalue weighted by molar-refractivity contribution is -0.0386. The summed E-state index contributed by atoms with van der Waals surface area (Å²) in [6, 6.07) is 0. The molecule has 2 N–H and O–H groups in total. The Morgan fingerprint density at radius 3 is 2.35 bits per heavy atom.